The maximum absolute atomic E-state index is 11.1. The lowest BCUT2D eigenvalue weighted by molar-refractivity contribution is -0.146. The SMILES string of the molecule is CC(C)(C(=O)O)n1cc(-c2ccc(Cl)cc2)cn1. The molecular formula is C13H13ClN2O2. The number of hydrogen-bond donors (Lipinski definition) is 1. The second-order valence-corrected chi connectivity index (χ2v) is 4.98. The second kappa shape index (κ2) is 4.46. The van der Waals surface area contributed by atoms with Gasteiger partial charge in [-0.25, -0.2) is 4.79 Å². The smallest absolute Gasteiger partial charge is 0.331 e. The Morgan fingerprint density at radius 3 is 2.44 bits per heavy atom. The molecule has 0 unspecified atom stereocenters. The first-order valence-electron chi connectivity index (χ1n) is 5.46. The van der Waals surface area contributed by atoms with E-state index in [0.717, 1.165) is 11.1 Å². The van der Waals surface area contributed by atoms with E-state index in [2.05, 4.69) is 5.10 Å². The Hall–Kier alpha value is -1.81. The molecule has 1 N–H and O–H groups in total. The van der Waals surface area contributed by atoms with E-state index in [1.165, 1.54) is 4.68 Å². The average Bonchev–Trinajstić information content (AvgIpc) is 2.79. The summed E-state index contributed by atoms with van der Waals surface area (Å²) >= 11 is 5.82. The molecule has 0 aliphatic carbocycles. The third-order valence-corrected chi connectivity index (χ3v) is 3.11. The number of hydrogen-bond acceptors (Lipinski definition) is 2. The minimum atomic E-state index is -1.06. The Labute approximate surface area is 110 Å². The molecule has 1 heterocycles. The highest BCUT2D eigenvalue weighted by atomic mass is 35.5. The van der Waals surface area contributed by atoms with Crippen molar-refractivity contribution in [3.05, 3.63) is 41.7 Å². The number of rotatable bonds is 3. The van der Waals surface area contributed by atoms with Crippen LogP contribution in [0.5, 0.6) is 0 Å². The third-order valence-electron chi connectivity index (χ3n) is 2.86. The number of halogens is 1. The first kappa shape index (κ1) is 12.6. The predicted molar refractivity (Wildman–Crippen MR) is 69.6 cm³/mol. The van der Waals surface area contributed by atoms with Crippen LogP contribution in [0.4, 0.5) is 0 Å². The lowest BCUT2D eigenvalue weighted by Crippen LogP contribution is -2.35. The first-order chi connectivity index (χ1) is 8.41. The van der Waals surface area contributed by atoms with Gasteiger partial charge in [-0.1, -0.05) is 23.7 Å². The number of aromatic nitrogens is 2. The summed E-state index contributed by atoms with van der Waals surface area (Å²) in [6, 6.07) is 7.32. The van der Waals surface area contributed by atoms with Gasteiger partial charge in [0, 0.05) is 16.8 Å². The fourth-order valence-corrected chi connectivity index (χ4v) is 1.64. The van der Waals surface area contributed by atoms with Crippen LogP contribution in [-0.4, -0.2) is 20.9 Å². The normalized spacial score (nSPS) is 11.5. The largest absolute Gasteiger partial charge is 0.479 e. The van der Waals surface area contributed by atoms with Crippen LogP contribution in [0, 0.1) is 0 Å². The Morgan fingerprint density at radius 1 is 1.28 bits per heavy atom. The van der Waals surface area contributed by atoms with E-state index in [0.29, 0.717) is 5.02 Å². The molecular weight excluding hydrogens is 252 g/mol. The van der Waals surface area contributed by atoms with Crippen LogP contribution in [-0.2, 0) is 10.3 Å². The number of carbonyl (C=O) groups is 1. The Morgan fingerprint density at radius 2 is 1.89 bits per heavy atom. The highest BCUT2D eigenvalue weighted by Gasteiger charge is 2.30. The molecule has 0 saturated carbocycles. The van der Waals surface area contributed by atoms with Crippen LogP contribution in [0.15, 0.2) is 36.7 Å². The average molecular weight is 265 g/mol. The zero-order valence-electron chi connectivity index (χ0n) is 10.1. The molecule has 2 aromatic rings. The van der Waals surface area contributed by atoms with Gasteiger partial charge in [0.15, 0.2) is 5.54 Å². The predicted octanol–water partition coefficient (Wildman–Crippen LogP) is 3.02. The number of aliphatic carboxylic acids is 1. The zero-order chi connectivity index (χ0) is 13.3. The quantitative estimate of drug-likeness (QED) is 0.927. The van der Waals surface area contributed by atoms with Gasteiger partial charge >= 0.3 is 5.97 Å². The van der Waals surface area contributed by atoms with E-state index >= 15 is 0 Å². The molecule has 18 heavy (non-hydrogen) atoms. The van der Waals surface area contributed by atoms with Crippen molar-refractivity contribution >= 4 is 17.6 Å². The van der Waals surface area contributed by atoms with Crippen molar-refractivity contribution in [1.29, 1.82) is 0 Å². The maximum Gasteiger partial charge on any atom is 0.331 e. The molecule has 0 spiro atoms. The van der Waals surface area contributed by atoms with E-state index in [1.54, 1.807) is 38.4 Å². The van der Waals surface area contributed by atoms with Gasteiger partial charge in [0.1, 0.15) is 0 Å². The first-order valence-corrected chi connectivity index (χ1v) is 5.83. The van der Waals surface area contributed by atoms with E-state index in [9.17, 15) is 4.79 Å². The number of carboxylic acid groups (broad SMARTS) is 1. The van der Waals surface area contributed by atoms with Crippen LogP contribution in [0.1, 0.15) is 13.8 Å². The number of nitrogens with zero attached hydrogens (tertiary/aromatic N) is 2. The van der Waals surface area contributed by atoms with Gasteiger partial charge < -0.3 is 5.11 Å². The van der Waals surface area contributed by atoms with Crippen molar-refractivity contribution in [3.63, 3.8) is 0 Å². The van der Waals surface area contributed by atoms with Gasteiger partial charge in [0.2, 0.25) is 0 Å². The van der Waals surface area contributed by atoms with Gasteiger partial charge in [0.05, 0.1) is 6.20 Å². The monoisotopic (exact) mass is 264 g/mol. The molecule has 0 fully saturated rings. The lowest BCUT2D eigenvalue weighted by Gasteiger charge is -2.19. The highest BCUT2D eigenvalue weighted by Crippen LogP contribution is 2.23. The van der Waals surface area contributed by atoms with Crippen LogP contribution < -0.4 is 0 Å². The summed E-state index contributed by atoms with van der Waals surface area (Å²) in [6.45, 7) is 3.21. The molecule has 94 valence electrons. The summed E-state index contributed by atoms with van der Waals surface area (Å²) in [5.74, 6) is -0.923. The van der Waals surface area contributed by atoms with Gasteiger partial charge in [-0.2, -0.15) is 5.10 Å². The molecule has 0 bridgehead atoms. The number of carboxylic acids is 1. The standard InChI is InChI=1S/C13H13ClN2O2/c1-13(2,12(17)18)16-8-10(7-15-16)9-3-5-11(14)6-4-9/h3-8H,1-2H3,(H,17,18). The maximum atomic E-state index is 11.1. The number of benzene rings is 1. The minimum absolute atomic E-state index is 0.664. The Kier molecular flexibility index (Phi) is 3.13. The Balaban J connectivity index is 2.37. The van der Waals surface area contributed by atoms with Crippen molar-refractivity contribution in [2.24, 2.45) is 0 Å². The summed E-state index contributed by atoms with van der Waals surface area (Å²) in [6.07, 6.45) is 3.37. The Bertz CT molecular complexity index is 573. The van der Waals surface area contributed by atoms with E-state index in [4.69, 9.17) is 16.7 Å². The van der Waals surface area contributed by atoms with Crippen molar-refractivity contribution in [2.45, 2.75) is 19.4 Å². The van der Waals surface area contributed by atoms with E-state index < -0.39 is 11.5 Å². The van der Waals surface area contributed by atoms with Crippen molar-refractivity contribution in [3.8, 4) is 11.1 Å². The van der Waals surface area contributed by atoms with Gasteiger partial charge in [-0.15, -0.1) is 0 Å². The van der Waals surface area contributed by atoms with Gasteiger partial charge in [-0.05, 0) is 31.5 Å². The summed E-state index contributed by atoms with van der Waals surface area (Å²) in [5.41, 5.74) is 0.748. The molecule has 4 nitrogen and oxygen atoms in total. The fraction of sp³-hybridized carbons (Fsp3) is 0.231. The molecule has 0 aliphatic heterocycles. The summed E-state index contributed by atoms with van der Waals surface area (Å²) in [7, 11) is 0. The topological polar surface area (TPSA) is 55.1 Å². The molecule has 0 atom stereocenters. The molecule has 1 aromatic heterocycles. The molecule has 5 heteroatoms. The summed E-state index contributed by atoms with van der Waals surface area (Å²) < 4.78 is 1.44. The molecule has 0 amide bonds. The van der Waals surface area contributed by atoms with E-state index in [1.807, 2.05) is 12.1 Å². The van der Waals surface area contributed by atoms with Crippen LogP contribution in [0.2, 0.25) is 5.02 Å². The summed E-state index contributed by atoms with van der Waals surface area (Å²) in [5, 5.41) is 13.9. The van der Waals surface area contributed by atoms with Crippen LogP contribution in [0.3, 0.4) is 0 Å². The molecule has 2 rings (SSSR count). The highest BCUT2D eigenvalue weighted by molar-refractivity contribution is 6.30. The molecule has 0 saturated heterocycles. The van der Waals surface area contributed by atoms with Crippen molar-refractivity contribution in [2.75, 3.05) is 0 Å². The summed E-state index contributed by atoms with van der Waals surface area (Å²) in [4.78, 5) is 11.1. The van der Waals surface area contributed by atoms with Gasteiger partial charge in [-0.3, -0.25) is 4.68 Å². The fourth-order valence-electron chi connectivity index (χ4n) is 1.52. The third kappa shape index (κ3) is 2.24. The van der Waals surface area contributed by atoms with Crippen LogP contribution in [0.25, 0.3) is 11.1 Å². The molecule has 0 radical (unpaired) electrons. The lowest BCUT2D eigenvalue weighted by atomic mass is 10.1. The zero-order valence-corrected chi connectivity index (χ0v) is 10.8. The molecule has 1 aromatic carbocycles. The van der Waals surface area contributed by atoms with E-state index in [-0.39, 0.29) is 0 Å². The van der Waals surface area contributed by atoms with Crippen molar-refractivity contribution in [1.82, 2.24) is 9.78 Å². The van der Waals surface area contributed by atoms with Gasteiger partial charge in [0.25, 0.3) is 0 Å². The molecule has 0 aliphatic rings. The second-order valence-electron chi connectivity index (χ2n) is 4.54. The minimum Gasteiger partial charge on any atom is -0.479 e. The van der Waals surface area contributed by atoms with Crippen LogP contribution >= 0.6 is 11.6 Å². The van der Waals surface area contributed by atoms with Crippen molar-refractivity contribution < 1.29 is 9.90 Å².